The first kappa shape index (κ1) is 24.6. The van der Waals surface area contributed by atoms with Crippen molar-refractivity contribution in [1.29, 1.82) is 0 Å². The van der Waals surface area contributed by atoms with Crippen molar-refractivity contribution < 1.29 is 14.3 Å². The van der Waals surface area contributed by atoms with Gasteiger partial charge in [0.25, 0.3) is 0 Å². The van der Waals surface area contributed by atoms with Crippen LogP contribution in [0.25, 0.3) is 0 Å². The minimum atomic E-state index is 0. The maximum atomic E-state index is 12.2. The van der Waals surface area contributed by atoms with E-state index < -0.39 is 0 Å². The number of likely N-dealkylation sites (tertiary alicyclic amines) is 2. The van der Waals surface area contributed by atoms with Crippen LogP contribution in [0.2, 0.25) is 0 Å². The normalized spacial score (nSPS) is 20.0. The van der Waals surface area contributed by atoms with Crippen molar-refractivity contribution in [1.82, 2.24) is 14.7 Å². The van der Waals surface area contributed by atoms with Crippen LogP contribution >= 0.6 is 12.4 Å². The largest absolute Gasteiger partial charge is 0.494 e. The Balaban J connectivity index is 0.00000320. The Morgan fingerprint density at radius 2 is 1.77 bits per heavy atom. The lowest BCUT2D eigenvalue weighted by Gasteiger charge is -2.34. The fraction of sp³-hybridized carbons (Fsp3) is 0.696. The fourth-order valence-corrected chi connectivity index (χ4v) is 4.13. The molecule has 2 heterocycles. The molecule has 0 N–H and O–H groups in total. The molecule has 0 spiro atoms. The highest BCUT2D eigenvalue weighted by Crippen LogP contribution is 2.23. The summed E-state index contributed by atoms with van der Waals surface area (Å²) in [5.74, 6) is 1.77. The SMILES string of the molecule is CCN(C)C(=O)N1CCC(Oc2ccc(OCCCN3CCC[C@H]3C)cc2)CC1.Cl. The number of rotatable bonds is 8. The van der Waals surface area contributed by atoms with Gasteiger partial charge in [-0.25, -0.2) is 4.79 Å². The molecule has 0 aliphatic carbocycles. The minimum Gasteiger partial charge on any atom is -0.494 e. The molecular weight excluding hydrogens is 402 g/mol. The van der Waals surface area contributed by atoms with Gasteiger partial charge in [0.05, 0.1) is 6.61 Å². The van der Waals surface area contributed by atoms with E-state index in [-0.39, 0.29) is 24.5 Å². The molecule has 0 bridgehead atoms. The van der Waals surface area contributed by atoms with Gasteiger partial charge in [-0.2, -0.15) is 0 Å². The topological polar surface area (TPSA) is 45.3 Å². The highest BCUT2D eigenvalue weighted by atomic mass is 35.5. The summed E-state index contributed by atoms with van der Waals surface area (Å²) in [6.45, 7) is 9.67. The smallest absolute Gasteiger partial charge is 0.319 e. The summed E-state index contributed by atoms with van der Waals surface area (Å²) >= 11 is 0. The molecule has 0 aromatic heterocycles. The maximum absolute atomic E-state index is 12.2. The van der Waals surface area contributed by atoms with E-state index in [9.17, 15) is 4.79 Å². The van der Waals surface area contributed by atoms with Gasteiger partial charge in [-0.1, -0.05) is 0 Å². The predicted octanol–water partition coefficient (Wildman–Crippen LogP) is 4.28. The minimum absolute atomic E-state index is 0. The number of urea groups is 1. The van der Waals surface area contributed by atoms with E-state index >= 15 is 0 Å². The van der Waals surface area contributed by atoms with Gasteiger partial charge in [0.2, 0.25) is 0 Å². The third kappa shape index (κ3) is 6.95. The summed E-state index contributed by atoms with van der Waals surface area (Å²) in [7, 11) is 1.85. The van der Waals surface area contributed by atoms with Crippen molar-refractivity contribution in [3.63, 3.8) is 0 Å². The first-order valence-corrected chi connectivity index (χ1v) is 11.2. The molecular formula is C23H38ClN3O3. The molecule has 170 valence electrons. The van der Waals surface area contributed by atoms with E-state index in [2.05, 4.69) is 11.8 Å². The van der Waals surface area contributed by atoms with Crippen LogP contribution in [0.15, 0.2) is 24.3 Å². The zero-order chi connectivity index (χ0) is 20.6. The number of benzene rings is 1. The summed E-state index contributed by atoms with van der Waals surface area (Å²) in [5.41, 5.74) is 0. The number of piperidine rings is 1. The second-order valence-corrected chi connectivity index (χ2v) is 8.30. The molecule has 3 rings (SSSR count). The standard InChI is InChI=1S/C23H37N3O3.ClH/c1-4-24(3)23(27)26-16-12-22(13-17-26)29-21-10-8-20(9-11-21)28-18-6-15-25-14-5-7-19(25)2;/h8-11,19,22H,4-7,12-18H2,1-3H3;1H/t19-;/m1./s1. The van der Waals surface area contributed by atoms with Crippen LogP contribution in [0.4, 0.5) is 4.79 Å². The molecule has 30 heavy (non-hydrogen) atoms. The molecule has 2 aliphatic rings. The average molecular weight is 440 g/mol. The summed E-state index contributed by atoms with van der Waals surface area (Å²) in [6.07, 6.45) is 5.63. The lowest BCUT2D eigenvalue weighted by Crippen LogP contribution is -2.47. The number of amides is 2. The van der Waals surface area contributed by atoms with E-state index in [0.717, 1.165) is 69.6 Å². The zero-order valence-electron chi connectivity index (χ0n) is 18.7. The van der Waals surface area contributed by atoms with Crippen LogP contribution in [0, 0.1) is 0 Å². The third-order valence-electron chi connectivity index (χ3n) is 6.19. The Bertz CT molecular complexity index is 635. The van der Waals surface area contributed by atoms with Crippen molar-refractivity contribution in [2.45, 2.75) is 58.1 Å². The van der Waals surface area contributed by atoms with Crippen LogP contribution in [0.5, 0.6) is 11.5 Å². The van der Waals surface area contributed by atoms with Crippen molar-refractivity contribution >= 4 is 18.4 Å². The number of ether oxygens (including phenoxy) is 2. The Hall–Kier alpha value is -1.66. The highest BCUT2D eigenvalue weighted by Gasteiger charge is 2.25. The van der Waals surface area contributed by atoms with E-state index in [4.69, 9.17) is 9.47 Å². The molecule has 0 saturated carbocycles. The van der Waals surface area contributed by atoms with E-state index in [1.54, 1.807) is 4.90 Å². The molecule has 2 amide bonds. The molecule has 0 radical (unpaired) electrons. The van der Waals surface area contributed by atoms with Crippen LogP contribution in [0.1, 0.15) is 46.0 Å². The Morgan fingerprint density at radius 3 is 2.37 bits per heavy atom. The van der Waals surface area contributed by atoms with Crippen LogP contribution < -0.4 is 9.47 Å². The van der Waals surface area contributed by atoms with Crippen molar-refractivity contribution in [2.75, 3.05) is 46.4 Å². The van der Waals surface area contributed by atoms with Crippen molar-refractivity contribution in [2.24, 2.45) is 0 Å². The fourth-order valence-electron chi connectivity index (χ4n) is 4.13. The first-order valence-electron chi connectivity index (χ1n) is 11.2. The van der Waals surface area contributed by atoms with E-state index in [1.165, 1.54) is 19.4 Å². The molecule has 2 saturated heterocycles. The summed E-state index contributed by atoms with van der Waals surface area (Å²) in [5, 5.41) is 0. The maximum Gasteiger partial charge on any atom is 0.319 e. The van der Waals surface area contributed by atoms with E-state index in [0.29, 0.717) is 0 Å². The van der Waals surface area contributed by atoms with Gasteiger partial charge >= 0.3 is 6.03 Å². The van der Waals surface area contributed by atoms with E-state index in [1.807, 2.05) is 43.1 Å². The number of carbonyl (C=O) groups excluding carboxylic acids is 1. The lowest BCUT2D eigenvalue weighted by atomic mass is 10.1. The molecule has 1 atom stereocenters. The highest BCUT2D eigenvalue weighted by molar-refractivity contribution is 5.85. The van der Waals surface area contributed by atoms with Crippen LogP contribution in [-0.4, -0.2) is 79.3 Å². The number of nitrogens with zero attached hydrogens (tertiary/aromatic N) is 3. The van der Waals surface area contributed by atoms with Gasteiger partial charge in [0.15, 0.2) is 0 Å². The Morgan fingerprint density at radius 1 is 1.10 bits per heavy atom. The zero-order valence-corrected chi connectivity index (χ0v) is 19.5. The molecule has 6 nitrogen and oxygen atoms in total. The molecule has 1 aromatic carbocycles. The van der Waals surface area contributed by atoms with Crippen LogP contribution in [0.3, 0.4) is 0 Å². The molecule has 2 aliphatic heterocycles. The van der Waals surface area contributed by atoms with Gasteiger partial charge in [-0.05, 0) is 63.9 Å². The van der Waals surface area contributed by atoms with Gasteiger partial charge in [0, 0.05) is 52.1 Å². The van der Waals surface area contributed by atoms with Gasteiger partial charge in [-0.3, -0.25) is 0 Å². The second kappa shape index (κ2) is 12.3. The summed E-state index contributed by atoms with van der Waals surface area (Å²) in [4.78, 5) is 18.5. The van der Waals surface area contributed by atoms with Crippen molar-refractivity contribution in [3.8, 4) is 11.5 Å². The quantitative estimate of drug-likeness (QED) is 0.567. The Labute approximate surface area is 187 Å². The predicted molar refractivity (Wildman–Crippen MR) is 123 cm³/mol. The average Bonchev–Trinajstić information content (AvgIpc) is 3.16. The number of hydrogen-bond acceptors (Lipinski definition) is 4. The summed E-state index contributed by atoms with van der Waals surface area (Å²) < 4.78 is 12.0. The molecule has 0 unspecified atom stereocenters. The summed E-state index contributed by atoms with van der Waals surface area (Å²) in [6, 6.07) is 8.79. The first-order chi connectivity index (χ1) is 14.1. The molecule has 2 fully saturated rings. The van der Waals surface area contributed by atoms with Crippen molar-refractivity contribution in [3.05, 3.63) is 24.3 Å². The monoisotopic (exact) mass is 439 g/mol. The van der Waals surface area contributed by atoms with Crippen LogP contribution in [-0.2, 0) is 0 Å². The van der Waals surface area contributed by atoms with Gasteiger partial charge < -0.3 is 24.2 Å². The second-order valence-electron chi connectivity index (χ2n) is 8.30. The molecule has 7 heteroatoms. The number of halogens is 1. The number of carbonyl (C=O) groups is 1. The third-order valence-corrected chi connectivity index (χ3v) is 6.19. The number of hydrogen-bond donors (Lipinski definition) is 0. The Kier molecular flexibility index (Phi) is 10.1. The van der Waals surface area contributed by atoms with Gasteiger partial charge in [0.1, 0.15) is 17.6 Å². The molecule has 1 aromatic rings. The van der Waals surface area contributed by atoms with Gasteiger partial charge in [-0.15, -0.1) is 12.4 Å². The lowest BCUT2D eigenvalue weighted by molar-refractivity contribution is 0.0990.